The highest BCUT2D eigenvalue weighted by atomic mass is 79.9. The van der Waals surface area contributed by atoms with Crippen LogP contribution in [-0.4, -0.2) is 36.0 Å². The van der Waals surface area contributed by atoms with Crippen molar-refractivity contribution in [3.63, 3.8) is 0 Å². The maximum atomic E-state index is 12.2. The second kappa shape index (κ2) is 8.57. The molecule has 0 N–H and O–H groups in total. The first kappa shape index (κ1) is 19.0. The van der Waals surface area contributed by atoms with Crippen molar-refractivity contribution in [1.29, 1.82) is 0 Å². The lowest BCUT2D eigenvalue weighted by Crippen LogP contribution is -2.28. The summed E-state index contributed by atoms with van der Waals surface area (Å²) < 4.78 is 10.7. The number of ketones is 3. The van der Waals surface area contributed by atoms with Crippen LogP contribution in [0.4, 0.5) is 0 Å². The SMILES string of the molecule is CCOC(=O)C(=O)C(=O)CC(=O)c1ccc(Br)cc1OC(C)C. The van der Waals surface area contributed by atoms with E-state index in [4.69, 9.17) is 4.74 Å². The molecule has 0 unspecified atom stereocenters. The van der Waals surface area contributed by atoms with Gasteiger partial charge < -0.3 is 9.47 Å². The molecule has 0 amide bonds. The van der Waals surface area contributed by atoms with Crippen LogP contribution in [0.2, 0.25) is 0 Å². The molecule has 0 spiro atoms. The van der Waals surface area contributed by atoms with Crippen LogP contribution >= 0.6 is 15.9 Å². The van der Waals surface area contributed by atoms with Gasteiger partial charge in [0.2, 0.25) is 5.78 Å². The third-order valence-corrected chi connectivity index (χ3v) is 3.14. The van der Waals surface area contributed by atoms with Gasteiger partial charge in [0.25, 0.3) is 0 Å². The van der Waals surface area contributed by atoms with Gasteiger partial charge in [0.05, 0.1) is 24.7 Å². The van der Waals surface area contributed by atoms with E-state index in [0.717, 1.165) is 0 Å². The summed E-state index contributed by atoms with van der Waals surface area (Å²) in [6, 6.07) is 4.72. The van der Waals surface area contributed by atoms with E-state index in [1.807, 2.05) is 0 Å². The van der Waals surface area contributed by atoms with Crippen molar-refractivity contribution in [2.45, 2.75) is 33.3 Å². The molecule has 0 atom stereocenters. The Bertz CT molecular complexity index is 635. The van der Waals surface area contributed by atoms with Crippen molar-refractivity contribution in [1.82, 2.24) is 0 Å². The Morgan fingerprint density at radius 2 is 1.83 bits per heavy atom. The van der Waals surface area contributed by atoms with Gasteiger partial charge in [-0.1, -0.05) is 15.9 Å². The van der Waals surface area contributed by atoms with E-state index in [1.54, 1.807) is 26.0 Å². The van der Waals surface area contributed by atoms with Gasteiger partial charge in [-0.25, -0.2) is 4.79 Å². The molecule has 6 nitrogen and oxygen atoms in total. The van der Waals surface area contributed by atoms with Crippen LogP contribution in [0.15, 0.2) is 22.7 Å². The van der Waals surface area contributed by atoms with E-state index in [-0.39, 0.29) is 18.3 Å². The summed E-state index contributed by atoms with van der Waals surface area (Å²) in [5.74, 6) is -3.98. The van der Waals surface area contributed by atoms with Crippen LogP contribution in [0, 0.1) is 0 Å². The van der Waals surface area contributed by atoms with Gasteiger partial charge in [-0.15, -0.1) is 0 Å². The minimum atomic E-state index is -1.33. The third-order valence-electron chi connectivity index (χ3n) is 2.64. The maximum Gasteiger partial charge on any atom is 0.382 e. The first-order valence-electron chi connectivity index (χ1n) is 7.00. The molecule has 23 heavy (non-hydrogen) atoms. The molecule has 0 saturated carbocycles. The highest BCUT2D eigenvalue weighted by molar-refractivity contribution is 9.10. The van der Waals surface area contributed by atoms with E-state index >= 15 is 0 Å². The predicted octanol–water partition coefficient (Wildman–Crippen LogP) is 2.51. The average molecular weight is 385 g/mol. The lowest BCUT2D eigenvalue weighted by Gasteiger charge is -2.13. The fourth-order valence-electron chi connectivity index (χ4n) is 1.71. The molecule has 0 radical (unpaired) electrons. The minimum Gasteiger partial charge on any atom is -0.490 e. The smallest absolute Gasteiger partial charge is 0.382 e. The van der Waals surface area contributed by atoms with Crippen LogP contribution in [0.25, 0.3) is 0 Å². The zero-order valence-corrected chi connectivity index (χ0v) is 14.6. The molecule has 1 aromatic carbocycles. The summed E-state index contributed by atoms with van der Waals surface area (Å²) in [4.78, 5) is 46.7. The molecule has 0 fully saturated rings. The number of esters is 1. The Morgan fingerprint density at radius 3 is 2.39 bits per heavy atom. The topological polar surface area (TPSA) is 86.7 Å². The Morgan fingerprint density at radius 1 is 1.17 bits per heavy atom. The third kappa shape index (κ3) is 5.59. The molecular formula is C16H17BrO6. The van der Waals surface area contributed by atoms with Crippen molar-refractivity contribution in [2.75, 3.05) is 6.61 Å². The number of hydrogen-bond acceptors (Lipinski definition) is 6. The number of halogens is 1. The van der Waals surface area contributed by atoms with Gasteiger partial charge in [-0.2, -0.15) is 0 Å². The van der Waals surface area contributed by atoms with E-state index in [1.165, 1.54) is 13.0 Å². The first-order chi connectivity index (χ1) is 10.8. The Labute approximate surface area is 142 Å². The molecule has 0 saturated heterocycles. The Balaban J connectivity index is 2.91. The first-order valence-corrected chi connectivity index (χ1v) is 7.79. The van der Waals surface area contributed by atoms with E-state index in [0.29, 0.717) is 10.2 Å². The number of benzene rings is 1. The average Bonchev–Trinajstić information content (AvgIpc) is 2.45. The normalized spacial score (nSPS) is 10.3. The van der Waals surface area contributed by atoms with Crippen LogP contribution in [0.3, 0.4) is 0 Å². The highest BCUT2D eigenvalue weighted by Gasteiger charge is 2.27. The second-order valence-electron chi connectivity index (χ2n) is 4.88. The van der Waals surface area contributed by atoms with Crippen LogP contribution in [0.1, 0.15) is 37.6 Å². The maximum absolute atomic E-state index is 12.2. The summed E-state index contributed by atoms with van der Waals surface area (Å²) in [6.45, 7) is 5.08. The lowest BCUT2D eigenvalue weighted by atomic mass is 10.0. The van der Waals surface area contributed by atoms with Gasteiger partial charge >= 0.3 is 11.8 Å². The fraction of sp³-hybridized carbons (Fsp3) is 0.375. The largest absolute Gasteiger partial charge is 0.490 e. The molecule has 0 heterocycles. The Kier molecular flexibility index (Phi) is 7.09. The molecule has 0 aliphatic carbocycles. The quantitative estimate of drug-likeness (QED) is 0.296. The van der Waals surface area contributed by atoms with Gasteiger partial charge in [0.1, 0.15) is 5.75 Å². The summed E-state index contributed by atoms with van der Waals surface area (Å²) in [5, 5.41) is 0. The van der Waals surface area contributed by atoms with Crippen molar-refractivity contribution in [3.8, 4) is 5.75 Å². The van der Waals surface area contributed by atoms with Crippen molar-refractivity contribution in [3.05, 3.63) is 28.2 Å². The molecule has 0 aliphatic rings. The second-order valence-corrected chi connectivity index (χ2v) is 5.80. The van der Waals surface area contributed by atoms with Crippen LogP contribution in [0.5, 0.6) is 5.75 Å². The summed E-state index contributed by atoms with van der Waals surface area (Å²) in [5.41, 5.74) is 0.173. The number of hydrogen-bond donors (Lipinski definition) is 0. The van der Waals surface area contributed by atoms with Crippen LogP contribution < -0.4 is 4.74 Å². The standard InChI is InChI=1S/C16H17BrO6/c1-4-22-16(21)15(20)13(19)8-12(18)11-6-5-10(17)7-14(11)23-9(2)3/h5-7,9H,4,8H2,1-3H3. The number of Topliss-reactive ketones (excluding diaryl/α,β-unsaturated/α-hetero) is 3. The van der Waals surface area contributed by atoms with Gasteiger partial charge in [-0.05, 0) is 39.0 Å². The summed E-state index contributed by atoms with van der Waals surface area (Å²) >= 11 is 3.27. The fourth-order valence-corrected chi connectivity index (χ4v) is 2.05. The molecular weight excluding hydrogens is 368 g/mol. The number of rotatable bonds is 8. The van der Waals surface area contributed by atoms with Gasteiger partial charge in [-0.3, -0.25) is 14.4 Å². The number of ether oxygens (including phenoxy) is 2. The number of carbonyl (C=O) groups is 4. The monoisotopic (exact) mass is 384 g/mol. The highest BCUT2D eigenvalue weighted by Crippen LogP contribution is 2.26. The molecule has 7 heteroatoms. The van der Waals surface area contributed by atoms with Gasteiger partial charge in [0, 0.05) is 4.47 Å². The van der Waals surface area contributed by atoms with E-state index in [9.17, 15) is 19.2 Å². The summed E-state index contributed by atoms with van der Waals surface area (Å²) in [6.07, 6.45) is -0.888. The molecule has 0 aliphatic heterocycles. The van der Waals surface area contributed by atoms with Crippen molar-refractivity contribution < 1.29 is 28.7 Å². The Hall–Kier alpha value is -2.02. The molecule has 0 aromatic heterocycles. The van der Waals surface area contributed by atoms with E-state index in [2.05, 4.69) is 20.7 Å². The molecule has 124 valence electrons. The van der Waals surface area contributed by atoms with Gasteiger partial charge in [0.15, 0.2) is 5.78 Å². The lowest BCUT2D eigenvalue weighted by molar-refractivity contribution is -0.156. The summed E-state index contributed by atoms with van der Waals surface area (Å²) in [7, 11) is 0. The van der Waals surface area contributed by atoms with Crippen molar-refractivity contribution >= 4 is 39.2 Å². The number of carbonyl (C=O) groups excluding carboxylic acids is 4. The van der Waals surface area contributed by atoms with E-state index < -0.39 is 29.7 Å². The van der Waals surface area contributed by atoms with Crippen molar-refractivity contribution in [2.24, 2.45) is 0 Å². The molecule has 0 bridgehead atoms. The zero-order valence-electron chi connectivity index (χ0n) is 13.1. The minimum absolute atomic E-state index is 0.0229. The molecule has 1 rings (SSSR count). The predicted molar refractivity (Wildman–Crippen MR) is 85.5 cm³/mol. The molecule has 1 aromatic rings. The van der Waals surface area contributed by atoms with Crippen LogP contribution in [-0.2, 0) is 19.1 Å². The zero-order chi connectivity index (χ0) is 17.6.